The van der Waals surface area contributed by atoms with E-state index in [1.807, 2.05) is 27.7 Å². The molecule has 138 valence electrons. The number of carbonyl (C=O) groups is 1. The number of hydrogen-bond donors (Lipinski definition) is 1. The zero-order valence-corrected chi connectivity index (χ0v) is 16.0. The average molecular weight is 346 g/mol. The Kier molecular flexibility index (Phi) is 8.44. The van der Waals surface area contributed by atoms with E-state index in [0.717, 1.165) is 19.3 Å². The van der Waals surface area contributed by atoms with E-state index in [4.69, 9.17) is 9.47 Å². The van der Waals surface area contributed by atoms with Gasteiger partial charge in [-0.15, -0.1) is 0 Å². The molecule has 1 atom stereocenters. The molecule has 0 aliphatic carbocycles. The Bertz CT molecular complexity index is 607. The quantitative estimate of drug-likeness (QED) is 0.625. The van der Waals surface area contributed by atoms with E-state index in [0.29, 0.717) is 30.0 Å². The molecule has 0 aromatic heterocycles. The molecule has 0 saturated heterocycles. The first-order valence-corrected chi connectivity index (χ1v) is 9.02. The first-order valence-electron chi connectivity index (χ1n) is 9.02. The van der Waals surface area contributed by atoms with Crippen molar-refractivity contribution < 1.29 is 14.3 Å². The third-order valence-corrected chi connectivity index (χ3v) is 3.92. The molecule has 1 rings (SSSR count). The molecule has 0 aliphatic heterocycles. The zero-order chi connectivity index (χ0) is 18.9. The maximum absolute atomic E-state index is 12.7. The predicted molar refractivity (Wildman–Crippen MR) is 99.7 cm³/mol. The minimum absolute atomic E-state index is 0.0210. The topological polar surface area (TPSA) is 71.3 Å². The van der Waals surface area contributed by atoms with Gasteiger partial charge in [-0.25, -0.2) is 0 Å². The number of benzene rings is 1. The molecule has 5 nitrogen and oxygen atoms in total. The number of nitriles is 1. The lowest BCUT2D eigenvalue weighted by Crippen LogP contribution is -2.42. The Morgan fingerprint density at radius 3 is 2.60 bits per heavy atom. The number of ether oxygens (including phenoxy) is 2. The number of rotatable bonds is 10. The molecule has 0 bridgehead atoms. The van der Waals surface area contributed by atoms with Gasteiger partial charge in [0.15, 0.2) is 0 Å². The number of hydrogen-bond acceptors (Lipinski definition) is 4. The van der Waals surface area contributed by atoms with E-state index < -0.39 is 5.60 Å². The first kappa shape index (κ1) is 21.0. The van der Waals surface area contributed by atoms with E-state index in [2.05, 4.69) is 18.3 Å². The smallest absolute Gasteiger partial charge is 0.256 e. The summed E-state index contributed by atoms with van der Waals surface area (Å²) in [7, 11) is 0. The van der Waals surface area contributed by atoms with Crippen LogP contribution in [-0.2, 0) is 9.53 Å². The van der Waals surface area contributed by atoms with Gasteiger partial charge in [0.05, 0.1) is 11.7 Å². The van der Waals surface area contributed by atoms with Crippen molar-refractivity contribution in [1.29, 1.82) is 5.26 Å². The summed E-state index contributed by atoms with van der Waals surface area (Å²) in [5, 5.41) is 12.2. The van der Waals surface area contributed by atoms with Crippen LogP contribution < -0.4 is 10.1 Å². The van der Waals surface area contributed by atoms with Crippen LogP contribution >= 0.6 is 0 Å². The maximum Gasteiger partial charge on any atom is 0.256 e. The van der Waals surface area contributed by atoms with Gasteiger partial charge < -0.3 is 14.8 Å². The summed E-state index contributed by atoms with van der Waals surface area (Å²) in [5.74, 6) is 0.331. The Balaban J connectivity index is 2.91. The summed E-state index contributed by atoms with van der Waals surface area (Å²) in [6.07, 6.45) is 3.74. The zero-order valence-electron chi connectivity index (χ0n) is 16.0. The first-order chi connectivity index (χ1) is 11.9. The lowest BCUT2D eigenvalue weighted by atomic mass is 9.96. The molecule has 1 amide bonds. The summed E-state index contributed by atoms with van der Waals surface area (Å²) in [6.45, 7) is 10.1. The van der Waals surface area contributed by atoms with Crippen molar-refractivity contribution in [3.8, 4) is 11.8 Å². The minimum Gasteiger partial charge on any atom is -0.490 e. The standard InChI is InChI=1S/C20H30N2O3/c1-6-8-9-12-20(5,24-7-2)19(23)22-17-10-11-18(25-15(3)4)16(13-17)14-21/h10-11,13,15H,6-9,12H2,1-5H3,(H,22,23)/t20-/m0/s1. The van der Waals surface area contributed by atoms with Crippen molar-refractivity contribution in [2.75, 3.05) is 11.9 Å². The fourth-order valence-electron chi connectivity index (χ4n) is 2.60. The van der Waals surface area contributed by atoms with Gasteiger partial charge in [-0.3, -0.25) is 4.79 Å². The lowest BCUT2D eigenvalue weighted by Gasteiger charge is -2.28. The Labute approximate surface area is 151 Å². The molecule has 1 aromatic rings. The minimum atomic E-state index is -0.871. The van der Waals surface area contributed by atoms with Gasteiger partial charge in [-0.2, -0.15) is 5.26 Å². The van der Waals surface area contributed by atoms with Gasteiger partial charge in [0.2, 0.25) is 0 Å². The SMILES string of the molecule is CCCCC[C@](C)(OCC)C(=O)Nc1ccc(OC(C)C)c(C#N)c1. The van der Waals surface area contributed by atoms with E-state index in [1.165, 1.54) is 0 Å². The second-order valence-electron chi connectivity index (χ2n) is 6.56. The number of carbonyl (C=O) groups excluding carboxylic acids is 1. The molecule has 25 heavy (non-hydrogen) atoms. The molecule has 0 unspecified atom stereocenters. The summed E-state index contributed by atoms with van der Waals surface area (Å²) < 4.78 is 11.3. The molecular weight excluding hydrogens is 316 g/mol. The van der Waals surface area contributed by atoms with Gasteiger partial charge in [0, 0.05) is 12.3 Å². The van der Waals surface area contributed by atoms with Crippen molar-refractivity contribution in [2.45, 2.75) is 72.0 Å². The molecule has 0 radical (unpaired) electrons. The second kappa shape index (κ2) is 10.0. The predicted octanol–water partition coefficient (Wildman–Crippen LogP) is 4.66. The van der Waals surface area contributed by atoms with Crippen LogP contribution in [0.2, 0.25) is 0 Å². The van der Waals surface area contributed by atoms with Gasteiger partial charge in [-0.05, 0) is 52.3 Å². The van der Waals surface area contributed by atoms with E-state index in [-0.39, 0.29) is 12.0 Å². The fourth-order valence-corrected chi connectivity index (χ4v) is 2.60. The normalized spacial score (nSPS) is 13.2. The number of nitrogens with one attached hydrogen (secondary N) is 1. The van der Waals surface area contributed by atoms with E-state index in [9.17, 15) is 10.1 Å². The summed E-state index contributed by atoms with van der Waals surface area (Å²) in [5.41, 5.74) is 0.0961. The molecule has 5 heteroatoms. The highest BCUT2D eigenvalue weighted by Crippen LogP contribution is 2.26. The molecule has 0 aliphatic rings. The third kappa shape index (κ3) is 6.39. The van der Waals surface area contributed by atoms with Crippen LogP contribution in [0.4, 0.5) is 5.69 Å². The highest BCUT2D eigenvalue weighted by atomic mass is 16.5. The van der Waals surface area contributed by atoms with Crippen molar-refractivity contribution in [1.82, 2.24) is 0 Å². The number of nitrogens with zero attached hydrogens (tertiary/aromatic N) is 1. The van der Waals surface area contributed by atoms with Crippen molar-refractivity contribution >= 4 is 11.6 Å². The Hall–Kier alpha value is -2.06. The monoisotopic (exact) mass is 346 g/mol. The van der Waals surface area contributed by atoms with Crippen molar-refractivity contribution in [2.24, 2.45) is 0 Å². The van der Waals surface area contributed by atoms with Crippen molar-refractivity contribution in [3.63, 3.8) is 0 Å². The van der Waals surface area contributed by atoms with Crippen LogP contribution in [0.1, 0.15) is 65.9 Å². The van der Waals surface area contributed by atoms with Crippen LogP contribution in [0.25, 0.3) is 0 Å². The summed E-state index contributed by atoms with van der Waals surface area (Å²) in [4.78, 5) is 12.7. The molecule has 0 fully saturated rings. The number of unbranched alkanes of at least 4 members (excludes halogenated alkanes) is 2. The molecule has 1 aromatic carbocycles. The van der Waals surface area contributed by atoms with E-state index >= 15 is 0 Å². The van der Waals surface area contributed by atoms with Gasteiger partial charge in [-0.1, -0.05) is 26.2 Å². The molecule has 0 saturated carbocycles. The van der Waals surface area contributed by atoms with Gasteiger partial charge >= 0.3 is 0 Å². The van der Waals surface area contributed by atoms with Gasteiger partial charge in [0.1, 0.15) is 17.4 Å². The van der Waals surface area contributed by atoms with Crippen LogP contribution in [0.3, 0.4) is 0 Å². The maximum atomic E-state index is 12.7. The Morgan fingerprint density at radius 2 is 2.04 bits per heavy atom. The van der Waals surface area contributed by atoms with Crippen molar-refractivity contribution in [3.05, 3.63) is 23.8 Å². The largest absolute Gasteiger partial charge is 0.490 e. The average Bonchev–Trinajstić information content (AvgIpc) is 2.56. The second-order valence-corrected chi connectivity index (χ2v) is 6.56. The number of amides is 1. The molecular formula is C20H30N2O3. The Morgan fingerprint density at radius 1 is 1.32 bits per heavy atom. The van der Waals surface area contributed by atoms with Gasteiger partial charge in [0.25, 0.3) is 5.91 Å². The third-order valence-electron chi connectivity index (χ3n) is 3.92. The van der Waals surface area contributed by atoms with Crippen LogP contribution in [0.5, 0.6) is 5.75 Å². The van der Waals surface area contributed by atoms with Crippen LogP contribution in [-0.4, -0.2) is 24.2 Å². The fraction of sp³-hybridized carbons (Fsp3) is 0.600. The van der Waals surface area contributed by atoms with Crippen LogP contribution in [0.15, 0.2) is 18.2 Å². The van der Waals surface area contributed by atoms with E-state index in [1.54, 1.807) is 18.2 Å². The lowest BCUT2D eigenvalue weighted by molar-refractivity contribution is -0.139. The summed E-state index contributed by atoms with van der Waals surface area (Å²) in [6, 6.07) is 7.20. The summed E-state index contributed by atoms with van der Waals surface area (Å²) >= 11 is 0. The molecule has 1 N–H and O–H groups in total. The highest BCUT2D eigenvalue weighted by molar-refractivity contribution is 5.97. The molecule has 0 spiro atoms. The number of anilines is 1. The molecule has 0 heterocycles. The highest BCUT2D eigenvalue weighted by Gasteiger charge is 2.33. The van der Waals surface area contributed by atoms with Crippen LogP contribution in [0, 0.1) is 11.3 Å².